The van der Waals surface area contributed by atoms with Crippen LogP contribution in [0.15, 0.2) is 0 Å². The summed E-state index contributed by atoms with van der Waals surface area (Å²) in [5, 5.41) is 0.252. The molecule has 3 fully saturated rings. The lowest BCUT2D eigenvalue weighted by Crippen LogP contribution is -2.56. The SMILES string of the molecule is CCC[C@@H](CC=O)[C@@]1(C)CC[C@H]2[C@@H](CC[C@@H]3C[C@@H](O[Si](C)(C)C(C)(C)C)CC[C@@]32C)C1=O. The molecule has 184 valence electrons. The fourth-order valence-corrected chi connectivity index (χ4v) is 8.87. The molecule has 0 radical (unpaired) electrons. The Hall–Kier alpha value is -0.483. The third-order valence-electron chi connectivity index (χ3n) is 10.7. The maximum Gasteiger partial charge on any atom is 0.192 e. The van der Waals surface area contributed by atoms with Crippen molar-refractivity contribution in [3.05, 3.63) is 0 Å². The second-order valence-corrected chi connectivity index (χ2v) is 18.2. The minimum atomic E-state index is -1.75. The van der Waals surface area contributed by atoms with Crippen molar-refractivity contribution in [2.75, 3.05) is 0 Å². The number of aldehydes is 1. The molecule has 3 nitrogen and oxygen atoms in total. The normalized spacial score (nSPS) is 39.2. The average Bonchev–Trinajstić information content (AvgIpc) is 2.70. The lowest BCUT2D eigenvalue weighted by molar-refractivity contribution is -0.157. The Morgan fingerprint density at radius 3 is 2.41 bits per heavy atom. The minimum absolute atomic E-state index is 0.207. The number of hydrogen-bond acceptors (Lipinski definition) is 3. The quantitative estimate of drug-likeness (QED) is 0.289. The second-order valence-electron chi connectivity index (χ2n) is 13.5. The lowest BCUT2D eigenvalue weighted by Gasteiger charge is -2.59. The van der Waals surface area contributed by atoms with Crippen LogP contribution in [0, 0.1) is 34.5 Å². The second kappa shape index (κ2) is 9.28. The maximum absolute atomic E-state index is 13.9. The van der Waals surface area contributed by atoms with Gasteiger partial charge in [0.05, 0.1) is 0 Å². The van der Waals surface area contributed by atoms with Crippen LogP contribution in [0.3, 0.4) is 0 Å². The molecule has 0 unspecified atom stereocenters. The number of ketones is 1. The Morgan fingerprint density at radius 1 is 1.12 bits per heavy atom. The van der Waals surface area contributed by atoms with Crippen molar-refractivity contribution >= 4 is 20.4 Å². The number of hydrogen-bond donors (Lipinski definition) is 0. The van der Waals surface area contributed by atoms with E-state index in [0.717, 1.165) is 44.8 Å². The fourth-order valence-electron chi connectivity index (χ4n) is 7.47. The first kappa shape index (κ1) is 26.1. The van der Waals surface area contributed by atoms with Gasteiger partial charge in [-0.3, -0.25) is 4.79 Å². The summed E-state index contributed by atoms with van der Waals surface area (Å²) in [6.45, 7) is 18.6. The Labute approximate surface area is 199 Å². The van der Waals surface area contributed by atoms with Crippen molar-refractivity contribution in [3.63, 3.8) is 0 Å². The topological polar surface area (TPSA) is 43.4 Å². The molecule has 0 aromatic heterocycles. The van der Waals surface area contributed by atoms with Crippen LogP contribution in [-0.2, 0) is 14.0 Å². The van der Waals surface area contributed by atoms with E-state index in [1.54, 1.807) is 0 Å². The molecule has 3 rings (SSSR count). The predicted molar refractivity (Wildman–Crippen MR) is 135 cm³/mol. The van der Waals surface area contributed by atoms with E-state index in [4.69, 9.17) is 4.43 Å². The van der Waals surface area contributed by atoms with E-state index in [9.17, 15) is 9.59 Å². The summed E-state index contributed by atoms with van der Waals surface area (Å²) in [5.41, 5.74) is -0.0258. The molecule has 7 atom stereocenters. The van der Waals surface area contributed by atoms with E-state index < -0.39 is 8.32 Å². The molecule has 4 heteroatoms. The summed E-state index contributed by atoms with van der Waals surface area (Å²) in [4.78, 5) is 25.3. The van der Waals surface area contributed by atoms with Crippen LogP contribution in [0.5, 0.6) is 0 Å². The van der Waals surface area contributed by atoms with Gasteiger partial charge in [0.1, 0.15) is 12.1 Å². The highest BCUT2D eigenvalue weighted by molar-refractivity contribution is 6.74. The van der Waals surface area contributed by atoms with Crippen LogP contribution in [0.2, 0.25) is 18.1 Å². The van der Waals surface area contributed by atoms with Crippen LogP contribution in [-0.4, -0.2) is 26.5 Å². The molecule has 3 aliphatic carbocycles. The van der Waals surface area contributed by atoms with Gasteiger partial charge in [-0.05, 0) is 92.7 Å². The highest BCUT2D eigenvalue weighted by Crippen LogP contribution is 2.62. The molecule has 0 bridgehead atoms. The number of rotatable bonds is 7. The number of fused-ring (bicyclic) bond motifs is 3. The van der Waals surface area contributed by atoms with Gasteiger partial charge in [-0.25, -0.2) is 0 Å². The molecule has 32 heavy (non-hydrogen) atoms. The van der Waals surface area contributed by atoms with Crippen molar-refractivity contribution in [2.24, 2.45) is 34.5 Å². The number of carbonyl (C=O) groups excluding carboxylic acids is 2. The Kier molecular flexibility index (Phi) is 7.58. The van der Waals surface area contributed by atoms with Gasteiger partial charge in [0.2, 0.25) is 0 Å². The van der Waals surface area contributed by atoms with Crippen LogP contribution in [0.4, 0.5) is 0 Å². The summed E-state index contributed by atoms with van der Waals surface area (Å²) < 4.78 is 6.85. The molecular weight excluding hydrogens is 412 g/mol. The van der Waals surface area contributed by atoms with Crippen LogP contribution < -0.4 is 0 Å². The van der Waals surface area contributed by atoms with E-state index in [0.29, 0.717) is 30.1 Å². The molecular formula is C28H50O3Si. The van der Waals surface area contributed by atoms with E-state index in [2.05, 4.69) is 54.6 Å². The lowest BCUT2D eigenvalue weighted by atomic mass is 9.45. The molecule has 0 spiro atoms. The minimum Gasteiger partial charge on any atom is -0.414 e. The molecule has 3 saturated carbocycles. The van der Waals surface area contributed by atoms with Gasteiger partial charge in [0.15, 0.2) is 8.32 Å². The number of Topliss-reactive ketones (excluding diaryl/α,β-unsaturated/α-hetero) is 1. The average molecular weight is 463 g/mol. The third kappa shape index (κ3) is 4.56. The predicted octanol–water partition coefficient (Wildman–Crippen LogP) is 7.58. The Bertz CT molecular complexity index is 695. The van der Waals surface area contributed by atoms with Crippen LogP contribution in [0.25, 0.3) is 0 Å². The Morgan fingerprint density at radius 2 is 1.81 bits per heavy atom. The molecule has 0 saturated heterocycles. The van der Waals surface area contributed by atoms with Crippen molar-refractivity contribution in [1.82, 2.24) is 0 Å². The standard InChI is InChI=1S/C28H50O3Si/c1-9-10-20(15-18-29)28(6)17-14-24-23(25(28)30)12-11-21-19-22(13-16-27(21,24)5)31-32(7,8)26(2,3)4/h18,20-24H,9-17,19H2,1-8H3/t20-,21+,22-,23+,24-,27-,28+/m0/s1. The number of carbonyl (C=O) groups is 2. The summed E-state index contributed by atoms with van der Waals surface area (Å²) in [6, 6.07) is 0. The first-order chi connectivity index (χ1) is 14.8. The molecule has 0 aliphatic heterocycles. The van der Waals surface area contributed by atoms with Gasteiger partial charge >= 0.3 is 0 Å². The largest absolute Gasteiger partial charge is 0.414 e. The molecule has 0 heterocycles. The van der Waals surface area contributed by atoms with Gasteiger partial charge in [0.25, 0.3) is 0 Å². The van der Waals surface area contributed by atoms with Crippen molar-refractivity contribution < 1.29 is 14.0 Å². The summed E-state index contributed by atoms with van der Waals surface area (Å²) in [5.74, 6) is 2.13. The highest BCUT2D eigenvalue weighted by atomic mass is 28.4. The van der Waals surface area contributed by atoms with E-state index >= 15 is 0 Å². The summed E-state index contributed by atoms with van der Waals surface area (Å²) in [6.07, 6.45) is 11.9. The van der Waals surface area contributed by atoms with Crippen molar-refractivity contribution in [1.29, 1.82) is 0 Å². The molecule has 0 N–H and O–H groups in total. The first-order valence-electron chi connectivity index (χ1n) is 13.5. The van der Waals surface area contributed by atoms with Crippen LogP contribution >= 0.6 is 0 Å². The monoisotopic (exact) mass is 462 g/mol. The third-order valence-corrected chi connectivity index (χ3v) is 15.2. The van der Waals surface area contributed by atoms with E-state index in [1.165, 1.54) is 19.3 Å². The summed E-state index contributed by atoms with van der Waals surface area (Å²) in [7, 11) is -1.75. The van der Waals surface area contributed by atoms with Crippen LogP contribution in [0.1, 0.15) is 106 Å². The summed E-state index contributed by atoms with van der Waals surface area (Å²) >= 11 is 0. The van der Waals surface area contributed by atoms with Crippen molar-refractivity contribution in [3.8, 4) is 0 Å². The maximum atomic E-state index is 13.9. The van der Waals surface area contributed by atoms with Gasteiger partial charge in [-0.2, -0.15) is 0 Å². The van der Waals surface area contributed by atoms with Gasteiger partial charge in [0, 0.05) is 23.9 Å². The zero-order valence-corrected chi connectivity index (χ0v) is 23.3. The first-order valence-corrected chi connectivity index (χ1v) is 16.4. The fraction of sp³-hybridized carbons (Fsp3) is 0.929. The zero-order chi connectivity index (χ0) is 23.9. The van der Waals surface area contributed by atoms with Gasteiger partial charge in [-0.15, -0.1) is 0 Å². The zero-order valence-electron chi connectivity index (χ0n) is 22.3. The van der Waals surface area contributed by atoms with E-state index in [1.807, 2.05) is 0 Å². The molecule has 0 aromatic rings. The molecule has 3 aliphatic rings. The molecule has 0 amide bonds. The molecule has 0 aromatic carbocycles. The van der Waals surface area contributed by atoms with E-state index in [-0.39, 0.29) is 27.7 Å². The van der Waals surface area contributed by atoms with Gasteiger partial charge in [-0.1, -0.05) is 48.0 Å². The smallest absolute Gasteiger partial charge is 0.192 e. The van der Waals surface area contributed by atoms with Gasteiger partial charge < -0.3 is 9.22 Å². The van der Waals surface area contributed by atoms with Crippen molar-refractivity contribution in [2.45, 2.75) is 130 Å². The Balaban J connectivity index is 1.74. The highest BCUT2D eigenvalue weighted by Gasteiger charge is 2.58.